The van der Waals surface area contributed by atoms with Gasteiger partial charge >= 0.3 is 0 Å². The first-order chi connectivity index (χ1) is 6.37. The number of hydrogen-bond donors (Lipinski definition) is 1. The first-order valence-corrected chi connectivity index (χ1v) is 5.66. The van der Waals surface area contributed by atoms with Gasteiger partial charge in [0.05, 0.1) is 6.61 Å². The van der Waals surface area contributed by atoms with E-state index in [0.717, 1.165) is 31.1 Å². The molecule has 2 heteroatoms. The van der Waals surface area contributed by atoms with Crippen LogP contribution in [0.3, 0.4) is 0 Å². The second-order valence-corrected chi connectivity index (χ2v) is 4.51. The molecule has 0 aromatic rings. The summed E-state index contributed by atoms with van der Waals surface area (Å²) in [5, 5.41) is 3.52. The van der Waals surface area contributed by atoms with E-state index < -0.39 is 0 Å². The molecule has 0 amide bonds. The second-order valence-electron chi connectivity index (χ2n) is 4.51. The Morgan fingerprint density at radius 3 is 2.69 bits per heavy atom. The Labute approximate surface area is 81.0 Å². The predicted molar refractivity (Wildman–Crippen MR) is 53.8 cm³/mol. The minimum absolute atomic E-state index is 0.742. The van der Waals surface area contributed by atoms with Crippen LogP contribution < -0.4 is 5.32 Å². The normalized spacial score (nSPS) is 24.7. The molecule has 2 nitrogen and oxygen atoms in total. The highest BCUT2D eigenvalue weighted by Crippen LogP contribution is 2.60. The van der Waals surface area contributed by atoms with Crippen molar-refractivity contribution in [1.82, 2.24) is 5.32 Å². The van der Waals surface area contributed by atoms with Crippen LogP contribution in [0.15, 0.2) is 0 Å². The fraction of sp³-hybridized carbons (Fsp3) is 1.00. The number of hydrogen-bond acceptors (Lipinski definition) is 2. The second kappa shape index (κ2) is 3.97. The lowest BCUT2D eigenvalue weighted by molar-refractivity contribution is 0.147. The quantitative estimate of drug-likeness (QED) is 0.608. The van der Waals surface area contributed by atoms with Crippen LogP contribution in [0, 0.1) is 11.3 Å². The largest absolute Gasteiger partial charge is 0.380 e. The third-order valence-corrected chi connectivity index (χ3v) is 3.44. The highest BCUT2D eigenvalue weighted by molar-refractivity contribution is 5.04. The molecule has 1 N–H and O–H groups in total. The summed E-state index contributed by atoms with van der Waals surface area (Å²) in [6, 6.07) is 0. The van der Waals surface area contributed by atoms with E-state index in [1.165, 1.54) is 32.2 Å². The first-order valence-electron chi connectivity index (χ1n) is 5.66. The van der Waals surface area contributed by atoms with Crippen LogP contribution in [0.2, 0.25) is 0 Å². The summed E-state index contributed by atoms with van der Waals surface area (Å²) < 4.78 is 5.28. The van der Waals surface area contributed by atoms with E-state index in [1.54, 1.807) is 0 Å². The zero-order valence-electron chi connectivity index (χ0n) is 8.64. The lowest BCUT2D eigenvalue weighted by Gasteiger charge is -2.14. The molecule has 2 aliphatic rings. The highest BCUT2D eigenvalue weighted by atomic mass is 16.5. The third kappa shape index (κ3) is 2.44. The van der Waals surface area contributed by atoms with E-state index >= 15 is 0 Å². The van der Waals surface area contributed by atoms with Crippen molar-refractivity contribution in [2.45, 2.75) is 32.6 Å². The lowest BCUT2D eigenvalue weighted by atomic mass is 10.0. The van der Waals surface area contributed by atoms with Crippen LogP contribution >= 0.6 is 0 Å². The van der Waals surface area contributed by atoms with Crippen molar-refractivity contribution in [2.75, 3.05) is 26.3 Å². The number of nitrogens with one attached hydrogen (secondary N) is 1. The zero-order valence-corrected chi connectivity index (χ0v) is 8.64. The SMILES string of the molecule is CCOCCNCC1(C2CC2)CC1. The Hall–Kier alpha value is -0.0800. The first kappa shape index (κ1) is 9.47. The van der Waals surface area contributed by atoms with Crippen LogP contribution in [0.5, 0.6) is 0 Å². The average Bonchev–Trinajstić information content (AvgIpc) is 2.98. The van der Waals surface area contributed by atoms with Crippen LogP contribution in [-0.2, 0) is 4.74 Å². The van der Waals surface area contributed by atoms with E-state index in [2.05, 4.69) is 5.32 Å². The van der Waals surface area contributed by atoms with Crippen LogP contribution in [0.4, 0.5) is 0 Å². The Balaban J connectivity index is 1.52. The Morgan fingerprint density at radius 1 is 1.38 bits per heavy atom. The van der Waals surface area contributed by atoms with E-state index in [-0.39, 0.29) is 0 Å². The van der Waals surface area contributed by atoms with Gasteiger partial charge in [-0.15, -0.1) is 0 Å². The Morgan fingerprint density at radius 2 is 2.15 bits per heavy atom. The molecule has 0 saturated heterocycles. The minimum atomic E-state index is 0.742. The summed E-state index contributed by atoms with van der Waals surface area (Å²) in [5.74, 6) is 1.08. The predicted octanol–water partition coefficient (Wildman–Crippen LogP) is 1.80. The van der Waals surface area contributed by atoms with Crippen molar-refractivity contribution in [2.24, 2.45) is 11.3 Å². The molecule has 13 heavy (non-hydrogen) atoms. The van der Waals surface area contributed by atoms with Crippen molar-refractivity contribution < 1.29 is 4.74 Å². The Bertz CT molecular complexity index is 161. The summed E-state index contributed by atoms with van der Waals surface area (Å²) >= 11 is 0. The molecule has 76 valence electrons. The molecule has 0 atom stereocenters. The smallest absolute Gasteiger partial charge is 0.0590 e. The van der Waals surface area contributed by atoms with Crippen LogP contribution in [0.1, 0.15) is 32.6 Å². The van der Waals surface area contributed by atoms with Gasteiger partial charge in [-0.3, -0.25) is 0 Å². The minimum Gasteiger partial charge on any atom is -0.380 e. The van der Waals surface area contributed by atoms with Crippen molar-refractivity contribution >= 4 is 0 Å². The molecule has 2 rings (SSSR count). The van der Waals surface area contributed by atoms with Crippen LogP contribution in [0.25, 0.3) is 0 Å². The number of rotatable bonds is 7. The van der Waals surface area contributed by atoms with Gasteiger partial charge in [-0.2, -0.15) is 0 Å². The molecule has 0 aromatic heterocycles. The van der Waals surface area contributed by atoms with Crippen molar-refractivity contribution in [3.8, 4) is 0 Å². The van der Waals surface area contributed by atoms with Gasteiger partial charge in [0.25, 0.3) is 0 Å². The van der Waals surface area contributed by atoms with E-state index in [0.29, 0.717) is 0 Å². The van der Waals surface area contributed by atoms with Crippen molar-refractivity contribution in [3.05, 3.63) is 0 Å². The van der Waals surface area contributed by atoms with Gasteiger partial charge < -0.3 is 10.1 Å². The molecule has 0 spiro atoms. The van der Waals surface area contributed by atoms with Gasteiger partial charge in [-0.25, -0.2) is 0 Å². The topological polar surface area (TPSA) is 21.3 Å². The summed E-state index contributed by atoms with van der Waals surface area (Å²) in [5.41, 5.74) is 0.742. The lowest BCUT2D eigenvalue weighted by Crippen LogP contribution is -2.28. The molecule has 0 aliphatic heterocycles. The molecular weight excluding hydrogens is 162 g/mol. The summed E-state index contributed by atoms with van der Waals surface area (Å²) in [7, 11) is 0. The fourth-order valence-electron chi connectivity index (χ4n) is 2.21. The third-order valence-electron chi connectivity index (χ3n) is 3.44. The molecule has 2 saturated carbocycles. The van der Waals surface area contributed by atoms with E-state index in [9.17, 15) is 0 Å². The van der Waals surface area contributed by atoms with Crippen LogP contribution in [-0.4, -0.2) is 26.3 Å². The maximum absolute atomic E-state index is 5.28. The standard InChI is InChI=1S/C11H21NO/c1-2-13-8-7-12-9-11(5-6-11)10-3-4-10/h10,12H,2-9H2,1H3. The maximum Gasteiger partial charge on any atom is 0.0590 e. The van der Waals surface area contributed by atoms with Gasteiger partial charge in [-0.05, 0) is 43.9 Å². The molecule has 0 aromatic carbocycles. The highest BCUT2D eigenvalue weighted by Gasteiger charge is 2.52. The summed E-state index contributed by atoms with van der Waals surface area (Å²) in [6.45, 7) is 6.03. The van der Waals surface area contributed by atoms with Crippen molar-refractivity contribution in [1.29, 1.82) is 0 Å². The molecule has 0 heterocycles. The molecule has 0 radical (unpaired) electrons. The summed E-state index contributed by atoms with van der Waals surface area (Å²) in [4.78, 5) is 0. The molecule has 0 bridgehead atoms. The van der Waals surface area contributed by atoms with Gasteiger partial charge in [0.15, 0.2) is 0 Å². The monoisotopic (exact) mass is 183 g/mol. The Kier molecular flexibility index (Phi) is 2.89. The van der Waals surface area contributed by atoms with Crippen molar-refractivity contribution in [3.63, 3.8) is 0 Å². The molecular formula is C11H21NO. The van der Waals surface area contributed by atoms with Gasteiger partial charge in [0.1, 0.15) is 0 Å². The summed E-state index contributed by atoms with van der Waals surface area (Å²) in [6.07, 6.45) is 5.93. The zero-order chi connectivity index (χ0) is 9.15. The van der Waals surface area contributed by atoms with E-state index in [1.807, 2.05) is 6.92 Å². The average molecular weight is 183 g/mol. The number of ether oxygens (including phenoxy) is 1. The maximum atomic E-state index is 5.28. The van der Waals surface area contributed by atoms with E-state index in [4.69, 9.17) is 4.74 Å². The van der Waals surface area contributed by atoms with Gasteiger partial charge in [-0.1, -0.05) is 0 Å². The molecule has 2 aliphatic carbocycles. The van der Waals surface area contributed by atoms with Gasteiger partial charge in [0, 0.05) is 19.7 Å². The molecule has 2 fully saturated rings. The fourth-order valence-corrected chi connectivity index (χ4v) is 2.21. The molecule has 0 unspecified atom stereocenters. The van der Waals surface area contributed by atoms with Gasteiger partial charge in [0.2, 0.25) is 0 Å².